The highest BCUT2D eigenvalue weighted by atomic mass is 16.8. The average Bonchev–Trinajstić information content (AvgIpc) is 3.33. The molecule has 1 saturated carbocycles. The van der Waals surface area contributed by atoms with Gasteiger partial charge in [-0.1, -0.05) is 132 Å². The molecule has 6 nitrogen and oxygen atoms in total. The molecule has 1 unspecified atom stereocenters. The summed E-state index contributed by atoms with van der Waals surface area (Å²) in [6.45, 7) is 3.05. The second-order valence-corrected chi connectivity index (χ2v) is 11.9. The number of nitrogens with zero attached hydrogens (tertiary/aromatic N) is 1. The van der Waals surface area contributed by atoms with E-state index in [2.05, 4.69) is 6.92 Å². The van der Waals surface area contributed by atoms with E-state index in [9.17, 15) is 9.59 Å². The lowest BCUT2D eigenvalue weighted by Crippen LogP contribution is -2.47. The molecule has 1 spiro atoms. The molecule has 2 fully saturated rings. The minimum atomic E-state index is -1.10. The molecule has 1 aliphatic carbocycles. The van der Waals surface area contributed by atoms with Crippen LogP contribution in [-0.4, -0.2) is 34.7 Å². The van der Waals surface area contributed by atoms with Crippen LogP contribution in [0.15, 0.2) is 60.7 Å². The maximum absolute atomic E-state index is 14.2. The molecule has 0 aromatic heterocycles. The number of primary amides is 1. The van der Waals surface area contributed by atoms with Crippen molar-refractivity contribution in [2.24, 2.45) is 11.7 Å². The van der Waals surface area contributed by atoms with Crippen LogP contribution in [0.25, 0.3) is 0 Å². The topological polar surface area (TPSA) is 81.9 Å². The Hall–Kier alpha value is -2.70. The van der Waals surface area contributed by atoms with Crippen molar-refractivity contribution in [1.29, 1.82) is 0 Å². The quantitative estimate of drug-likeness (QED) is 0.426. The van der Waals surface area contributed by atoms with Crippen LogP contribution < -0.4 is 5.73 Å². The van der Waals surface area contributed by atoms with Gasteiger partial charge in [0.05, 0.1) is 0 Å². The summed E-state index contributed by atoms with van der Waals surface area (Å²) in [5, 5.41) is 0. The lowest BCUT2D eigenvalue weighted by Gasteiger charge is -2.32. The highest BCUT2D eigenvalue weighted by Crippen LogP contribution is 2.40. The molecule has 218 valence electrons. The predicted molar refractivity (Wildman–Crippen MR) is 158 cm³/mol. The van der Waals surface area contributed by atoms with Gasteiger partial charge in [-0.05, 0) is 23.5 Å². The molecular weight excluding hydrogens is 500 g/mol. The molecule has 1 saturated heterocycles. The van der Waals surface area contributed by atoms with Gasteiger partial charge in [0, 0.05) is 25.9 Å². The van der Waals surface area contributed by atoms with Crippen LogP contribution in [0.2, 0.25) is 0 Å². The first kappa shape index (κ1) is 30.3. The fourth-order valence-corrected chi connectivity index (χ4v) is 6.25. The zero-order valence-corrected chi connectivity index (χ0v) is 24.3. The summed E-state index contributed by atoms with van der Waals surface area (Å²) in [5.41, 5.74) is 7.89. The normalized spacial score (nSPS) is 27.0. The Kier molecular flexibility index (Phi) is 11.6. The molecule has 2 aromatic rings. The minimum Gasteiger partial charge on any atom is -0.367 e. The van der Waals surface area contributed by atoms with E-state index in [-0.39, 0.29) is 5.91 Å². The third kappa shape index (κ3) is 8.90. The minimum absolute atomic E-state index is 0.253. The van der Waals surface area contributed by atoms with Crippen molar-refractivity contribution in [3.05, 3.63) is 71.8 Å². The number of amides is 2. The van der Waals surface area contributed by atoms with Crippen LogP contribution in [0.4, 0.5) is 0 Å². The van der Waals surface area contributed by atoms with Crippen LogP contribution in [0.3, 0.4) is 0 Å². The summed E-state index contributed by atoms with van der Waals surface area (Å²) in [4.78, 5) is 28.7. The molecule has 4 rings (SSSR count). The molecule has 6 heteroatoms. The van der Waals surface area contributed by atoms with Crippen LogP contribution >= 0.6 is 0 Å². The van der Waals surface area contributed by atoms with E-state index in [4.69, 9.17) is 15.2 Å². The van der Waals surface area contributed by atoms with E-state index in [0.717, 1.165) is 30.4 Å². The average molecular weight is 549 g/mol. The van der Waals surface area contributed by atoms with Crippen molar-refractivity contribution in [3.63, 3.8) is 0 Å². The zero-order chi connectivity index (χ0) is 28.2. The van der Waals surface area contributed by atoms with Gasteiger partial charge in [-0.15, -0.1) is 0 Å². The Balaban J connectivity index is 1.56. The van der Waals surface area contributed by atoms with Crippen LogP contribution in [-0.2, 0) is 32.2 Å². The Labute approximate surface area is 240 Å². The third-order valence-electron chi connectivity index (χ3n) is 8.39. The first-order valence-electron chi connectivity index (χ1n) is 15.5. The molecule has 4 atom stereocenters. The Morgan fingerprint density at radius 3 is 1.75 bits per heavy atom. The van der Waals surface area contributed by atoms with Crippen molar-refractivity contribution in [1.82, 2.24) is 4.90 Å². The standard InChI is InChI=1S/C34H48N2O4/c1-27-18-12-8-6-4-2-3-5-7-9-17-23-34(24-27)39-30(32(35)37)31(40-34)33(38)36(25-28-19-13-10-14-20-28)26-29-21-15-11-16-22-29/h10-11,13-16,19-22,27,30-31H,2-9,12,17-18,23-26H2,1H3,(H2,35,37)/t27-,30-,31-,34?/m0/s1. The lowest BCUT2D eigenvalue weighted by molar-refractivity contribution is -0.196. The van der Waals surface area contributed by atoms with E-state index in [1.54, 1.807) is 4.90 Å². The SMILES string of the molecule is C[C@H]1CCCCCCCCCCCCC2(C1)O[C@H](C(N)=O)[C@@H](C(=O)N(Cc1ccccc1)Cc1ccccc1)O2. The molecule has 2 amide bonds. The van der Waals surface area contributed by atoms with Gasteiger partial charge in [-0.25, -0.2) is 0 Å². The number of nitrogens with two attached hydrogens (primary N) is 1. The van der Waals surface area contributed by atoms with Gasteiger partial charge in [-0.2, -0.15) is 0 Å². The zero-order valence-electron chi connectivity index (χ0n) is 24.3. The first-order valence-corrected chi connectivity index (χ1v) is 15.5. The summed E-state index contributed by atoms with van der Waals surface area (Å²) in [7, 11) is 0. The number of benzene rings is 2. The predicted octanol–water partition coefficient (Wildman–Crippen LogP) is 6.90. The van der Waals surface area contributed by atoms with Gasteiger partial charge < -0.3 is 20.1 Å². The molecule has 0 radical (unpaired) electrons. The molecule has 2 N–H and O–H groups in total. The van der Waals surface area contributed by atoms with Crippen molar-refractivity contribution in [2.45, 2.75) is 121 Å². The summed E-state index contributed by atoms with van der Waals surface area (Å²) < 4.78 is 13.1. The maximum Gasteiger partial charge on any atom is 0.255 e. The highest BCUT2D eigenvalue weighted by molar-refractivity contribution is 5.91. The molecule has 1 aliphatic heterocycles. The van der Waals surface area contributed by atoms with Gasteiger partial charge in [0.15, 0.2) is 18.0 Å². The van der Waals surface area contributed by atoms with Crippen molar-refractivity contribution >= 4 is 11.8 Å². The maximum atomic E-state index is 14.2. The number of hydrogen-bond acceptors (Lipinski definition) is 4. The Morgan fingerprint density at radius 1 is 0.750 bits per heavy atom. The fraction of sp³-hybridized carbons (Fsp3) is 0.588. The Bertz CT molecular complexity index is 1000. The molecular formula is C34H48N2O4. The van der Waals surface area contributed by atoms with E-state index >= 15 is 0 Å². The van der Waals surface area contributed by atoms with Gasteiger partial charge >= 0.3 is 0 Å². The Morgan fingerprint density at radius 2 is 1.23 bits per heavy atom. The largest absolute Gasteiger partial charge is 0.367 e. The van der Waals surface area contributed by atoms with E-state index in [1.807, 2.05) is 60.7 Å². The molecule has 2 aliphatic rings. The first-order chi connectivity index (χ1) is 19.5. The number of ether oxygens (including phenoxy) is 2. The monoisotopic (exact) mass is 548 g/mol. The molecule has 1 heterocycles. The number of carbonyl (C=O) groups excluding carboxylic acids is 2. The van der Waals surface area contributed by atoms with E-state index in [0.29, 0.717) is 31.8 Å². The van der Waals surface area contributed by atoms with Crippen molar-refractivity contribution in [2.75, 3.05) is 0 Å². The summed E-state index contributed by atoms with van der Waals surface area (Å²) in [6, 6.07) is 19.8. The second-order valence-electron chi connectivity index (χ2n) is 11.9. The highest BCUT2D eigenvalue weighted by Gasteiger charge is 2.53. The lowest BCUT2D eigenvalue weighted by atomic mass is 9.92. The molecule has 2 aromatic carbocycles. The summed E-state index contributed by atoms with van der Waals surface area (Å²) in [6.07, 6.45) is 12.4. The van der Waals surface area contributed by atoms with Gasteiger partial charge in [0.1, 0.15) is 0 Å². The van der Waals surface area contributed by atoms with E-state index < -0.39 is 23.9 Å². The molecule has 0 bridgehead atoms. The van der Waals surface area contributed by atoms with Crippen LogP contribution in [0, 0.1) is 5.92 Å². The number of rotatable bonds is 6. The third-order valence-corrected chi connectivity index (χ3v) is 8.39. The van der Waals surface area contributed by atoms with Crippen molar-refractivity contribution in [3.8, 4) is 0 Å². The van der Waals surface area contributed by atoms with Gasteiger partial charge in [-0.3, -0.25) is 9.59 Å². The van der Waals surface area contributed by atoms with Gasteiger partial charge in [0.2, 0.25) is 5.91 Å². The summed E-state index contributed by atoms with van der Waals surface area (Å²) >= 11 is 0. The molecule has 40 heavy (non-hydrogen) atoms. The van der Waals surface area contributed by atoms with E-state index in [1.165, 1.54) is 51.4 Å². The number of hydrogen-bond donors (Lipinski definition) is 1. The number of carbonyl (C=O) groups is 2. The fourth-order valence-electron chi connectivity index (χ4n) is 6.25. The van der Waals surface area contributed by atoms with Crippen LogP contribution in [0.1, 0.15) is 102 Å². The second kappa shape index (κ2) is 15.3. The van der Waals surface area contributed by atoms with Gasteiger partial charge in [0.25, 0.3) is 5.91 Å². The summed E-state index contributed by atoms with van der Waals surface area (Å²) in [5.74, 6) is -1.50. The smallest absolute Gasteiger partial charge is 0.255 e. The van der Waals surface area contributed by atoms with Crippen LogP contribution in [0.5, 0.6) is 0 Å². The van der Waals surface area contributed by atoms with Crippen molar-refractivity contribution < 1.29 is 19.1 Å².